The van der Waals surface area contributed by atoms with Gasteiger partial charge in [-0.25, -0.2) is 0 Å². The lowest BCUT2D eigenvalue weighted by molar-refractivity contribution is -0.137. The molecule has 2 rings (SSSR count). The SMILES string of the molecule is O=C(O)CCCC[C@H](O)c1ccc(-c2ccccc2)cc1. The van der Waals surface area contributed by atoms with Crippen LogP contribution in [0.1, 0.15) is 37.4 Å². The summed E-state index contributed by atoms with van der Waals surface area (Å²) >= 11 is 0. The predicted octanol–water partition coefficient (Wildman–Crippen LogP) is 4.03. The van der Waals surface area contributed by atoms with Crippen LogP contribution in [0.25, 0.3) is 11.1 Å². The third-order valence-electron chi connectivity index (χ3n) is 3.52. The average Bonchev–Trinajstić information content (AvgIpc) is 2.52. The number of rotatable bonds is 7. The van der Waals surface area contributed by atoms with E-state index in [4.69, 9.17) is 5.11 Å². The quantitative estimate of drug-likeness (QED) is 0.755. The molecule has 0 heterocycles. The van der Waals surface area contributed by atoms with Crippen LogP contribution in [0.3, 0.4) is 0 Å². The summed E-state index contributed by atoms with van der Waals surface area (Å²) in [5.74, 6) is -0.781. The molecule has 0 saturated heterocycles. The molecule has 3 nitrogen and oxygen atoms in total. The predicted molar refractivity (Wildman–Crippen MR) is 82.9 cm³/mol. The minimum absolute atomic E-state index is 0.166. The standard InChI is InChI=1S/C18H20O3/c19-17(8-4-5-9-18(20)21)16-12-10-15(11-13-16)14-6-2-1-3-7-14/h1-3,6-7,10-13,17,19H,4-5,8-9H2,(H,20,21)/t17-/m0/s1. The number of benzene rings is 2. The van der Waals surface area contributed by atoms with E-state index in [1.54, 1.807) is 0 Å². The van der Waals surface area contributed by atoms with E-state index < -0.39 is 12.1 Å². The first-order valence-corrected chi connectivity index (χ1v) is 7.22. The first kappa shape index (κ1) is 15.3. The van der Waals surface area contributed by atoms with Gasteiger partial charge in [-0.15, -0.1) is 0 Å². The first-order valence-electron chi connectivity index (χ1n) is 7.22. The molecule has 0 spiro atoms. The number of aliphatic carboxylic acids is 1. The number of carboxylic acids is 1. The van der Waals surface area contributed by atoms with Gasteiger partial charge in [0.05, 0.1) is 6.10 Å². The molecule has 0 radical (unpaired) electrons. The summed E-state index contributed by atoms with van der Waals surface area (Å²) in [5.41, 5.74) is 3.16. The molecular weight excluding hydrogens is 264 g/mol. The Kier molecular flexibility index (Phi) is 5.52. The molecule has 2 aromatic rings. The number of carbonyl (C=O) groups is 1. The lowest BCUT2D eigenvalue weighted by Crippen LogP contribution is -1.99. The van der Waals surface area contributed by atoms with Crippen LogP contribution in [-0.4, -0.2) is 16.2 Å². The van der Waals surface area contributed by atoms with E-state index in [-0.39, 0.29) is 6.42 Å². The van der Waals surface area contributed by atoms with Gasteiger partial charge in [0, 0.05) is 6.42 Å². The van der Waals surface area contributed by atoms with Crippen LogP contribution in [0.2, 0.25) is 0 Å². The summed E-state index contributed by atoms with van der Waals surface area (Å²) in [6.07, 6.45) is 1.56. The molecule has 0 saturated carbocycles. The van der Waals surface area contributed by atoms with E-state index in [9.17, 15) is 9.90 Å². The minimum Gasteiger partial charge on any atom is -0.481 e. The molecular formula is C18H20O3. The fourth-order valence-electron chi connectivity index (χ4n) is 2.31. The van der Waals surface area contributed by atoms with Gasteiger partial charge in [-0.1, -0.05) is 54.6 Å². The van der Waals surface area contributed by atoms with Gasteiger partial charge in [0.25, 0.3) is 0 Å². The third-order valence-corrected chi connectivity index (χ3v) is 3.52. The fraction of sp³-hybridized carbons (Fsp3) is 0.278. The lowest BCUT2D eigenvalue weighted by Gasteiger charge is -2.11. The molecule has 110 valence electrons. The van der Waals surface area contributed by atoms with Gasteiger partial charge in [-0.05, 0) is 36.0 Å². The van der Waals surface area contributed by atoms with Gasteiger partial charge in [-0.2, -0.15) is 0 Å². The Morgan fingerprint density at radius 2 is 1.52 bits per heavy atom. The Bertz CT molecular complexity index is 561. The van der Waals surface area contributed by atoms with E-state index in [0.717, 1.165) is 16.7 Å². The third kappa shape index (κ3) is 4.72. The molecule has 0 aromatic heterocycles. The molecule has 0 unspecified atom stereocenters. The van der Waals surface area contributed by atoms with Crippen molar-refractivity contribution in [1.82, 2.24) is 0 Å². The number of aliphatic hydroxyl groups is 1. The first-order chi connectivity index (χ1) is 10.2. The normalized spacial score (nSPS) is 12.0. The molecule has 2 N–H and O–H groups in total. The van der Waals surface area contributed by atoms with Crippen LogP contribution >= 0.6 is 0 Å². The van der Waals surface area contributed by atoms with Gasteiger partial charge in [0.15, 0.2) is 0 Å². The van der Waals surface area contributed by atoms with E-state index in [1.165, 1.54) is 0 Å². The summed E-state index contributed by atoms with van der Waals surface area (Å²) < 4.78 is 0. The van der Waals surface area contributed by atoms with Gasteiger partial charge in [-0.3, -0.25) is 4.79 Å². The zero-order valence-electron chi connectivity index (χ0n) is 11.9. The monoisotopic (exact) mass is 284 g/mol. The van der Waals surface area contributed by atoms with Crippen LogP contribution in [0.4, 0.5) is 0 Å². The highest BCUT2D eigenvalue weighted by Crippen LogP contribution is 2.24. The van der Waals surface area contributed by atoms with Crippen molar-refractivity contribution < 1.29 is 15.0 Å². The Morgan fingerprint density at radius 1 is 0.905 bits per heavy atom. The summed E-state index contributed by atoms with van der Waals surface area (Å²) in [5, 5.41) is 18.7. The van der Waals surface area contributed by atoms with Crippen molar-refractivity contribution in [2.75, 3.05) is 0 Å². The minimum atomic E-state index is -0.781. The highest BCUT2D eigenvalue weighted by Gasteiger charge is 2.08. The maximum Gasteiger partial charge on any atom is 0.303 e. The maximum absolute atomic E-state index is 10.4. The van der Waals surface area contributed by atoms with Crippen molar-refractivity contribution >= 4 is 5.97 Å². The van der Waals surface area contributed by atoms with Crippen LogP contribution < -0.4 is 0 Å². The van der Waals surface area contributed by atoms with Crippen molar-refractivity contribution in [2.45, 2.75) is 31.8 Å². The molecule has 21 heavy (non-hydrogen) atoms. The van der Waals surface area contributed by atoms with E-state index in [0.29, 0.717) is 19.3 Å². The van der Waals surface area contributed by atoms with Crippen molar-refractivity contribution in [3.63, 3.8) is 0 Å². The van der Waals surface area contributed by atoms with E-state index in [1.807, 2.05) is 42.5 Å². The van der Waals surface area contributed by atoms with Crippen molar-refractivity contribution in [1.29, 1.82) is 0 Å². The summed E-state index contributed by atoms with van der Waals surface area (Å²) in [6, 6.07) is 18.0. The number of carboxylic acid groups (broad SMARTS) is 1. The van der Waals surface area contributed by atoms with Crippen molar-refractivity contribution in [3.8, 4) is 11.1 Å². The molecule has 1 atom stereocenters. The molecule has 0 aliphatic heterocycles. The fourth-order valence-corrected chi connectivity index (χ4v) is 2.31. The van der Waals surface area contributed by atoms with Crippen molar-refractivity contribution in [3.05, 3.63) is 60.2 Å². The highest BCUT2D eigenvalue weighted by molar-refractivity contribution is 5.66. The smallest absolute Gasteiger partial charge is 0.303 e. The van der Waals surface area contributed by atoms with Gasteiger partial charge < -0.3 is 10.2 Å². The largest absolute Gasteiger partial charge is 0.481 e. The van der Waals surface area contributed by atoms with Crippen LogP contribution in [0.5, 0.6) is 0 Å². The number of hydrogen-bond donors (Lipinski definition) is 2. The molecule has 0 aliphatic carbocycles. The molecule has 0 amide bonds. The highest BCUT2D eigenvalue weighted by atomic mass is 16.4. The maximum atomic E-state index is 10.4. The van der Waals surface area contributed by atoms with Crippen LogP contribution in [0, 0.1) is 0 Å². The second-order valence-corrected chi connectivity index (χ2v) is 5.14. The molecule has 0 bridgehead atoms. The Balaban J connectivity index is 1.91. The van der Waals surface area contributed by atoms with Crippen LogP contribution in [-0.2, 0) is 4.79 Å². The lowest BCUT2D eigenvalue weighted by atomic mass is 9.99. The summed E-state index contributed by atoms with van der Waals surface area (Å²) in [4.78, 5) is 10.4. The summed E-state index contributed by atoms with van der Waals surface area (Å²) in [6.45, 7) is 0. The number of hydrogen-bond acceptors (Lipinski definition) is 2. The average molecular weight is 284 g/mol. The summed E-state index contributed by atoms with van der Waals surface area (Å²) in [7, 11) is 0. The molecule has 3 heteroatoms. The van der Waals surface area contributed by atoms with Gasteiger partial charge >= 0.3 is 5.97 Å². The van der Waals surface area contributed by atoms with E-state index >= 15 is 0 Å². The van der Waals surface area contributed by atoms with Crippen molar-refractivity contribution in [2.24, 2.45) is 0 Å². The molecule has 2 aromatic carbocycles. The molecule has 0 aliphatic rings. The Morgan fingerprint density at radius 3 is 2.14 bits per heavy atom. The van der Waals surface area contributed by atoms with Gasteiger partial charge in [0.2, 0.25) is 0 Å². The molecule has 0 fully saturated rings. The topological polar surface area (TPSA) is 57.5 Å². The van der Waals surface area contributed by atoms with Gasteiger partial charge in [0.1, 0.15) is 0 Å². The zero-order chi connectivity index (χ0) is 15.1. The van der Waals surface area contributed by atoms with Crippen LogP contribution in [0.15, 0.2) is 54.6 Å². The Labute approximate surface area is 124 Å². The second-order valence-electron chi connectivity index (χ2n) is 5.14. The Hall–Kier alpha value is -2.13. The van der Waals surface area contributed by atoms with E-state index in [2.05, 4.69) is 12.1 Å². The number of aliphatic hydroxyl groups excluding tert-OH is 1. The zero-order valence-corrected chi connectivity index (χ0v) is 11.9. The number of unbranched alkanes of at least 4 members (excludes halogenated alkanes) is 1. The second kappa shape index (κ2) is 7.60.